The van der Waals surface area contributed by atoms with Crippen molar-refractivity contribution in [1.29, 1.82) is 0 Å². The molecule has 1 aromatic heterocycles. The van der Waals surface area contributed by atoms with Gasteiger partial charge in [0.15, 0.2) is 0 Å². The van der Waals surface area contributed by atoms with E-state index >= 15 is 0 Å². The monoisotopic (exact) mass is 405 g/mol. The van der Waals surface area contributed by atoms with Crippen LogP contribution in [0.4, 0.5) is 11.4 Å². The molecule has 5 heteroatoms. The second-order valence-corrected chi connectivity index (χ2v) is 8.13. The number of nitrogens with zero attached hydrogens (tertiary/aromatic N) is 1. The fraction of sp³-hybridized carbons (Fsp3) is 0.208. The van der Waals surface area contributed by atoms with E-state index in [2.05, 4.69) is 42.4 Å². The molecule has 0 spiro atoms. The van der Waals surface area contributed by atoms with Crippen molar-refractivity contribution in [2.45, 2.75) is 32.1 Å². The Morgan fingerprint density at radius 2 is 1.90 bits per heavy atom. The second-order valence-electron chi connectivity index (χ2n) is 6.81. The lowest BCUT2D eigenvalue weighted by Gasteiger charge is -2.13. The fourth-order valence-electron chi connectivity index (χ4n) is 2.96. The van der Waals surface area contributed by atoms with Crippen LogP contribution in [0.3, 0.4) is 0 Å². The standard InChI is InChI=1S/C24H27N3OS/c1-5-19(9-6-17(3)29-21-11-7-18(25)8-12-21)27-24-14-16(2)26-23-13-10-20(28-4)15-22(23)24/h6-15H,5,25H2,1-4H3,(H,26,27)/b17-6+,19-9+. The van der Waals surface area contributed by atoms with Crippen LogP contribution in [0, 0.1) is 6.92 Å². The predicted molar refractivity (Wildman–Crippen MR) is 125 cm³/mol. The maximum absolute atomic E-state index is 5.76. The number of hydrogen-bond acceptors (Lipinski definition) is 5. The Morgan fingerprint density at radius 1 is 1.14 bits per heavy atom. The van der Waals surface area contributed by atoms with Gasteiger partial charge in [0.25, 0.3) is 0 Å². The van der Waals surface area contributed by atoms with Gasteiger partial charge >= 0.3 is 0 Å². The first-order chi connectivity index (χ1) is 14.0. The summed E-state index contributed by atoms with van der Waals surface area (Å²) >= 11 is 1.73. The number of aryl methyl sites for hydroxylation is 1. The molecule has 0 amide bonds. The number of methoxy groups -OCH3 is 1. The lowest BCUT2D eigenvalue weighted by molar-refractivity contribution is 0.415. The lowest BCUT2D eigenvalue weighted by atomic mass is 10.1. The lowest BCUT2D eigenvalue weighted by Crippen LogP contribution is -2.00. The summed E-state index contributed by atoms with van der Waals surface area (Å²) in [7, 11) is 1.68. The fourth-order valence-corrected chi connectivity index (χ4v) is 3.74. The number of pyridine rings is 1. The molecule has 0 aliphatic carbocycles. The number of benzene rings is 2. The summed E-state index contributed by atoms with van der Waals surface area (Å²) in [5.74, 6) is 0.823. The first kappa shape index (κ1) is 20.8. The van der Waals surface area contributed by atoms with Crippen molar-refractivity contribution in [3.05, 3.63) is 77.0 Å². The van der Waals surface area contributed by atoms with Gasteiger partial charge in [-0.2, -0.15) is 0 Å². The molecule has 0 unspecified atom stereocenters. The largest absolute Gasteiger partial charge is 0.497 e. The molecule has 3 aromatic rings. The van der Waals surface area contributed by atoms with E-state index in [0.29, 0.717) is 0 Å². The zero-order valence-corrected chi connectivity index (χ0v) is 18.1. The van der Waals surface area contributed by atoms with E-state index in [1.807, 2.05) is 49.4 Å². The van der Waals surface area contributed by atoms with Gasteiger partial charge in [0.2, 0.25) is 0 Å². The first-order valence-corrected chi connectivity index (χ1v) is 10.4. The number of fused-ring (bicyclic) bond motifs is 1. The van der Waals surface area contributed by atoms with Crippen LogP contribution in [0.2, 0.25) is 0 Å². The molecule has 3 N–H and O–H groups in total. The maximum atomic E-state index is 5.76. The number of allylic oxidation sites excluding steroid dienone is 4. The molecule has 2 aromatic carbocycles. The Kier molecular flexibility index (Phi) is 6.83. The molecule has 0 fully saturated rings. The van der Waals surface area contributed by atoms with Gasteiger partial charge in [-0.1, -0.05) is 24.8 Å². The molecular weight excluding hydrogens is 378 g/mol. The molecule has 0 radical (unpaired) electrons. The van der Waals surface area contributed by atoms with Crippen molar-refractivity contribution in [3.8, 4) is 5.75 Å². The van der Waals surface area contributed by atoms with Crippen molar-refractivity contribution in [1.82, 2.24) is 4.98 Å². The van der Waals surface area contributed by atoms with Gasteiger partial charge in [0.1, 0.15) is 5.75 Å². The van der Waals surface area contributed by atoms with Gasteiger partial charge in [-0.25, -0.2) is 0 Å². The van der Waals surface area contributed by atoms with E-state index in [1.54, 1.807) is 18.9 Å². The van der Waals surface area contributed by atoms with Crippen molar-refractivity contribution in [2.75, 3.05) is 18.2 Å². The number of hydrogen-bond donors (Lipinski definition) is 2. The van der Waals surface area contributed by atoms with Crippen molar-refractivity contribution >= 4 is 34.0 Å². The summed E-state index contributed by atoms with van der Waals surface area (Å²) in [6.45, 7) is 6.27. The Hall–Kier alpha value is -2.92. The first-order valence-electron chi connectivity index (χ1n) is 9.61. The summed E-state index contributed by atoms with van der Waals surface area (Å²) in [4.78, 5) is 7.02. The SMILES string of the molecule is CC/C(=C\C=C(/C)Sc1ccc(N)cc1)Nc1cc(C)nc2ccc(OC)cc12. The Labute approximate surface area is 176 Å². The number of anilines is 2. The third kappa shape index (κ3) is 5.55. The van der Waals surface area contributed by atoms with Crippen LogP contribution < -0.4 is 15.8 Å². The molecular formula is C24H27N3OS. The average Bonchev–Trinajstić information content (AvgIpc) is 2.72. The summed E-state index contributed by atoms with van der Waals surface area (Å²) in [6.07, 6.45) is 5.17. The molecule has 0 bridgehead atoms. The summed E-state index contributed by atoms with van der Waals surface area (Å²) < 4.78 is 5.39. The zero-order valence-electron chi connectivity index (χ0n) is 17.3. The highest BCUT2D eigenvalue weighted by Gasteiger charge is 2.07. The maximum Gasteiger partial charge on any atom is 0.119 e. The molecule has 3 rings (SSSR count). The van der Waals surface area contributed by atoms with Crippen LogP contribution >= 0.6 is 11.8 Å². The van der Waals surface area contributed by atoms with Gasteiger partial charge in [-0.3, -0.25) is 4.98 Å². The highest BCUT2D eigenvalue weighted by Crippen LogP contribution is 2.29. The molecule has 4 nitrogen and oxygen atoms in total. The molecule has 0 saturated heterocycles. The third-order valence-electron chi connectivity index (χ3n) is 4.50. The number of nitrogen functional groups attached to an aromatic ring is 1. The van der Waals surface area contributed by atoms with Gasteiger partial charge in [0.05, 0.1) is 12.6 Å². The van der Waals surface area contributed by atoms with Crippen LogP contribution in [0.15, 0.2) is 76.2 Å². The number of nitrogens with one attached hydrogen (secondary N) is 1. The topological polar surface area (TPSA) is 60.2 Å². The van der Waals surface area contributed by atoms with Crippen molar-refractivity contribution < 1.29 is 4.74 Å². The van der Waals surface area contributed by atoms with E-state index in [1.165, 1.54) is 9.80 Å². The van der Waals surface area contributed by atoms with Crippen LogP contribution in [-0.4, -0.2) is 12.1 Å². The molecule has 1 heterocycles. The Morgan fingerprint density at radius 3 is 2.59 bits per heavy atom. The summed E-state index contributed by atoms with van der Waals surface area (Å²) in [5.41, 5.74) is 10.6. The van der Waals surface area contributed by atoms with Crippen LogP contribution in [0.25, 0.3) is 10.9 Å². The minimum Gasteiger partial charge on any atom is -0.497 e. The molecule has 0 aliphatic rings. The number of thioether (sulfide) groups is 1. The van der Waals surface area contributed by atoms with E-state index in [-0.39, 0.29) is 0 Å². The van der Waals surface area contributed by atoms with Crippen LogP contribution in [0.5, 0.6) is 5.75 Å². The zero-order chi connectivity index (χ0) is 20.8. The average molecular weight is 406 g/mol. The molecule has 0 saturated carbocycles. The molecule has 0 atom stereocenters. The summed E-state index contributed by atoms with van der Waals surface area (Å²) in [6, 6.07) is 16.0. The van der Waals surface area contributed by atoms with E-state index in [4.69, 9.17) is 10.5 Å². The molecule has 150 valence electrons. The smallest absolute Gasteiger partial charge is 0.119 e. The van der Waals surface area contributed by atoms with Gasteiger partial charge in [-0.05, 0) is 79.8 Å². The van der Waals surface area contributed by atoms with Crippen LogP contribution in [0.1, 0.15) is 26.0 Å². The minimum absolute atomic E-state index is 0.782. The third-order valence-corrected chi connectivity index (χ3v) is 5.46. The van der Waals surface area contributed by atoms with Crippen LogP contribution in [-0.2, 0) is 0 Å². The Bertz CT molecular complexity index is 1060. The van der Waals surface area contributed by atoms with E-state index in [9.17, 15) is 0 Å². The number of aromatic nitrogens is 1. The van der Waals surface area contributed by atoms with Crippen molar-refractivity contribution in [3.63, 3.8) is 0 Å². The number of rotatable bonds is 7. The summed E-state index contributed by atoms with van der Waals surface area (Å²) in [5, 5.41) is 4.63. The quantitative estimate of drug-likeness (QED) is 0.266. The van der Waals surface area contributed by atoms with E-state index < -0.39 is 0 Å². The Balaban J connectivity index is 1.84. The van der Waals surface area contributed by atoms with E-state index in [0.717, 1.165) is 45.8 Å². The van der Waals surface area contributed by atoms with Gasteiger partial charge in [0, 0.05) is 33.0 Å². The normalized spacial score (nSPS) is 12.3. The molecule has 0 aliphatic heterocycles. The number of ether oxygens (including phenoxy) is 1. The predicted octanol–water partition coefficient (Wildman–Crippen LogP) is 6.54. The highest BCUT2D eigenvalue weighted by atomic mass is 32.2. The minimum atomic E-state index is 0.782. The highest BCUT2D eigenvalue weighted by molar-refractivity contribution is 8.03. The van der Waals surface area contributed by atoms with Crippen molar-refractivity contribution in [2.24, 2.45) is 0 Å². The van der Waals surface area contributed by atoms with Gasteiger partial charge < -0.3 is 15.8 Å². The second kappa shape index (κ2) is 9.52. The number of nitrogens with two attached hydrogens (primary N) is 1. The molecule has 29 heavy (non-hydrogen) atoms. The van der Waals surface area contributed by atoms with Gasteiger partial charge in [-0.15, -0.1) is 0 Å².